The van der Waals surface area contributed by atoms with Crippen LogP contribution in [0.4, 0.5) is 9.18 Å². The standard InChI is InChI=1S/C14H18FN3O3/c1-21-9-7-17-14(20)18-8-6-16-13(19)12(18)10-2-4-11(15)5-3-10/h2-5,12H,6-9H2,1H3,(H,16,19)(H,17,20). The molecule has 1 unspecified atom stereocenters. The quantitative estimate of drug-likeness (QED) is 0.802. The van der Waals surface area contributed by atoms with Gasteiger partial charge in [-0.1, -0.05) is 12.1 Å². The molecule has 6 nitrogen and oxygen atoms in total. The number of methoxy groups -OCH3 is 1. The summed E-state index contributed by atoms with van der Waals surface area (Å²) in [4.78, 5) is 25.7. The molecule has 1 aromatic rings. The number of rotatable bonds is 4. The summed E-state index contributed by atoms with van der Waals surface area (Å²) >= 11 is 0. The maximum atomic E-state index is 13.0. The van der Waals surface area contributed by atoms with E-state index in [0.29, 0.717) is 31.8 Å². The minimum absolute atomic E-state index is 0.269. The van der Waals surface area contributed by atoms with Crippen LogP contribution in [0.1, 0.15) is 11.6 Å². The lowest BCUT2D eigenvalue weighted by molar-refractivity contribution is -0.127. The number of piperazine rings is 1. The number of halogens is 1. The Kier molecular flexibility index (Phi) is 5.10. The van der Waals surface area contributed by atoms with Crippen molar-refractivity contribution in [1.82, 2.24) is 15.5 Å². The number of urea groups is 1. The van der Waals surface area contributed by atoms with Gasteiger partial charge >= 0.3 is 6.03 Å². The zero-order valence-electron chi connectivity index (χ0n) is 11.8. The molecular formula is C14H18FN3O3. The Morgan fingerprint density at radius 3 is 2.86 bits per heavy atom. The number of ether oxygens (including phenoxy) is 1. The molecule has 1 aliphatic heterocycles. The molecule has 7 heteroatoms. The van der Waals surface area contributed by atoms with Crippen LogP contribution in [0.15, 0.2) is 24.3 Å². The zero-order valence-corrected chi connectivity index (χ0v) is 11.8. The third kappa shape index (κ3) is 3.69. The van der Waals surface area contributed by atoms with Crippen LogP contribution in [-0.4, -0.2) is 50.2 Å². The molecule has 21 heavy (non-hydrogen) atoms. The molecule has 114 valence electrons. The fourth-order valence-electron chi connectivity index (χ4n) is 2.22. The normalized spacial score (nSPS) is 18.3. The van der Waals surface area contributed by atoms with Gasteiger partial charge in [-0.25, -0.2) is 9.18 Å². The number of amides is 3. The number of hydrogen-bond donors (Lipinski definition) is 2. The second-order valence-corrected chi connectivity index (χ2v) is 4.66. The first kappa shape index (κ1) is 15.2. The third-order valence-corrected chi connectivity index (χ3v) is 3.24. The van der Waals surface area contributed by atoms with E-state index in [0.717, 1.165) is 0 Å². The summed E-state index contributed by atoms with van der Waals surface area (Å²) in [5.74, 6) is -0.652. The first-order valence-electron chi connectivity index (χ1n) is 6.70. The highest BCUT2D eigenvalue weighted by Crippen LogP contribution is 2.23. The minimum atomic E-state index is -0.748. The summed E-state index contributed by atoms with van der Waals surface area (Å²) in [6.45, 7) is 1.55. The molecule has 0 radical (unpaired) electrons. The molecule has 1 atom stereocenters. The van der Waals surface area contributed by atoms with E-state index in [9.17, 15) is 14.0 Å². The van der Waals surface area contributed by atoms with Gasteiger partial charge in [0.25, 0.3) is 0 Å². The van der Waals surface area contributed by atoms with Gasteiger partial charge in [0.05, 0.1) is 6.61 Å². The average molecular weight is 295 g/mol. The Labute approximate surface area is 122 Å². The van der Waals surface area contributed by atoms with Crippen LogP contribution >= 0.6 is 0 Å². The number of carbonyl (C=O) groups is 2. The average Bonchev–Trinajstić information content (AvgIpc) is 2.48. The molecule has 3 amide bonds. The molecule has 0 aliphatic carbocycles. The molecule has 2 rings (SSSR count). The maximum Gasteiger partial charge on any atom is 0.318 e. The number of nitrogens with one attached hydrogen (secondary N) is 2. The summed E-state index contributed by atoms with van der Waals surface area (Å²) in [6.07, 6.45) is 0. The Balaban J connectivity index is 2.15. The van der Waals surface area contributed by atoms with Crippen LogP contribution in [0, 0.1) is 5.82 Å². The van der Waals surface area contributed by atoms with Crippen LogP contribution < -0.4 is 10.6 Å². The van der Waals surface area contributed by atoms with Gasteiger partial charge in [0, 0.05) is 26.7 Å². The summed E-state index contributed by atoms with van der Waals surface area (Å²) in [6, 6.07) is 4.50. The molecule has 1 fully saturated rings. The number of carbonyl (C=O) groups excluding carboxylic acids is 2. The van der Waals surface area contributed by atoms with Gasteiger partial charge < -0.3 is 20.3 Å². The lowest BCUT2D eigenvalue weighted by Crippen LogP contribution is -2.55. The number of nitrogens with zero attached hydrogens (tertiary/aromatic N) is 1. The molecule has 2 N–H and O–H groups in total. The van der Waals surface area contributed by atoms with E-state index in [1.165, 1.54) is 29.2 Å². The first-order valence-corrected chi connectivity index (χ1v) is 6.70. The van der Waals surface area contributed by atoms with E-state index in [1.54, 1.807) is 7.11 Å². The van der Waals surface area contributed by atoms with E-state index in [-0.39, 0.29) is 17.8 Å². The monoisotopic (exact) mass is 295 g/mol. The SMILES string of the molecule is COCCNC(=O)N1CCNC(=O)C1c1ccc(F)cc1. The van der Waals surface area contributed by atoms with E-state index >= 15 is 0 Å². The lowest BCUT2D eigenvalue weighted by atomic mass is 10.0. The van der Waals surface area contributed by atoms with Crippen molar-refractivity contribution in [3.8, 4) is 0 Å². The van der Waals surface area contributed by atoms with Crippen molar-refractivity contribution in [2.75, 3.05) is 33.4 Å². The topological polar surface area (TPSA) is 70.7 Å². The summed E-state index contributed by atoms with van der Waals surface area (Å²) in [5.41, 5.74) is 0.579. The van der Waals surface area contributed by atoms with Gasteiger partial charge in [-0.3, -0.25) is 4.79 Å². The van der Waals surface area contributed by atoms with Gasteiger partial charge in [0.1, 0.15) is 11.9 Å². The van der Waals surface area contributed by atoms with Crippen molar-refractivity contribution < 1.29 is 18.7 Å². The molecule has 0 spiro atoms. The Morgan fingerprint density at radius 2 is 2.19 bits per heavy atom. The van der Waals surface area contributed by atoms with Crippen LogP contribution in [0.2, 0.25) is 0 Å². The van der Waals surface area contributed by atoms with Crippen LogP contribution in [0.25, 0.3) is 0 Å². The molecule has 0 saturated carbocycles. The Hall–Kier alpha value is -2.15. The van der Waals surface area contributed by atoms with Gasteiger partial charge in [-0.15, -0.1) is 0 Å². The fourth-order valence-corrected chi connectivity index (χ4v) is 2.22. The maximum absolute atomic E-state index is 13.0. The highest BCUT2D eigenvalue weighted by molar-refractivity contribution is 5.89. The van der Waals surface area contributed by atoms with Crippen molar-refractivity contribution in [3.05, 3.63) is 35.6 Å². The van der Waals surface area contributed by atoms with Gasteiger partial charge in [-0.05, 0) is 17.7 Å². The summed E-state index contributed by atoms with van der Waals surface area (Å²) in [5, 5.41) is 5.41. The molecule has 0 bridgehead atoms. The highest BCUT2D eigenvalue weighted by Gasteiger charge is 2.34. The highest BCUT2D eigenvalue weighted by atomic mass is 19.1. The van der Waals surface area contributed by atoms with E-state index in [1.807, 2.05) is 0 Å². The van der Waals surface area contributed by atoms with Crippen molar-refractivity contribution in [1.29, 1.82) is 0 Å². The Morgan fingerprint density at radius 1 is 1.48 bits per heavy atom. The third-order valence-electron chi connectivity index (χ3n) is 3.24. The van der Waals surface area contributed by atoms with Crippen LogP contribution in [0.5, 0.6) is 0 Å². The second kappa shape index (κ2) is 7.03. The van der Waals surface area contributed by atoms with Gasteiger partial charge in [0.15, 0.2) is 0 Å². The zero-order chi connectivity index (χ0) is 15.2. The fraction of sp³-hybridized carbons (Fsp3) is 0.429. The summed E-state index contributed by atoms with van der Waals surface area (Å²) in [7, 11) is 1.54. The van der Waals surface area contributed by atoms with E-state index in [2.05, 4.69) is 10.6 Å². The van der Waals surface area contributed by atoms with Crippen LogP contribution in [0.3, 0.4) is 0 Å². The van der Waals surface area contributed by atoms with Crippen molar-refractivity contribution in [2.45, 2.75) is 6.04 Å². The lowest BCUT2D eigenvalue weighted by Gasteiger charge is -2.35. The summed E-state index contributed by atoms with van der Waals surface area (Å²) < 4.78 is 17.9. The predicted molar refractivity (Wildman–Crippen MR) is 74.1 cm³/mol. The largest absolute Gasteiger partial charge is 0.383 e. The molecule has 1 aromatic carbocycles. The van der Waals surface area contributed by atoms with E-state index in [4.69, 9.17) is 4.74 Å². The van der Waals surface area contributed by atoms with Crippen molar-refractivity contribution in [3.63, 3.8) is 0 Å². The number of benzene rings is 1. The van der Waals surface area contributed by atoms with Crippen molar-refractivity contribution >= 4 is 11.9 Å². The smallest absolute Gasteiger partial charge is 0.318 e. The molecular weight excluding hydrogens is 277 g/mol. The van der Waals surface area contributed by atoms with E-state index < -0.39 is 6.04 Å². The molecule has 1 heterocycles. The predicted octanol–water partition coefficient (Wildman–Crippen LogP) is 0.655. The number of hydrogen-bond acceptors (Lipinski definition) is 3. The van der Waals surface area contributed by atoms with Crippen molar-refractivity contribution in [2.24, 2.45) is 0 Å². The van der Waals surface area contributed by atoms with Gasteiger partial charge in [0.2, 0.25) is 5.91 Å². The molecule has 0 aromatic heterocycles. The first-order chi connectivity index (χ1) is 10.1. The minimum Gasteiger partial charge on any atom is -0.383 e. The van der Waals surface area contributed by atoms with Crippen LogP contribution in [-0.2, 0) is 9.53 Å². The second-order valence-electron chi connectivity index (χ2n) is 4.66. The molecule has 1 saturated heterocycles. The molecule has 1 aliphatic rings. The van der Waals surface area contributed by atoms with Gasteiger partial charge in [-0.2, -0.15) is 0 Å². The Bertz CT molecular complexity index is 507.